The van der Waals surface area contributed by atoms with Gasteiger partial charge in [0.15, 0.2) is 0 Å². The van der Waals surface area contributed by atoms with E-state index in [1.165, 1.54) is 11.1 Å². The molecule has 124 valence electrons. The molecule has 1 aliphatic heterocycles. The van der Waals surface area contributed by atoms with Gasteiger partial charge in [-0.3, -0.25) is 4.79 Å². The molecular formula is C22H18ClNO. The molecule has 0 saturated heterocycles. The molecule has 3 aromatic carbocycles. The van der Waals surface area contributed by atoms with E-state index >= 15 is 0 Å². The van der Waals surface area contributed by atoms with Crippen LogP contribution in [0.5, 0.6) is 0 Å². The van der Waals surface area contributed by atoms with Crippen molar-refractivity contribution in [2.45, 2.75) is 12.5 Å². The molecule has 0 spiro atoms. The number of fused-ring (bicyclic) bond motifs is 1. The van der Waals surface area contributed by atoms with E-state index in [4.69, 9.17) is 11.6 Å². The Labute approximate surface area is 152 Å². The quantitative estimate of drug-likeness (QED) is 0.629. The lowest BCUT2D eigenvalue weighted by atomic mass is 9.88. The lowest BCUT2D eigenvalue weighted by Gasteiger charge is -2.38. The zero-order valence-electron chi connectivity index (χ0n) is 13.7. The Kier molecular flexibility index (Phi) is 4.29. The molecule has 0 N–H and O–H groups in total. The smallest absolute Gasteiger partial charge is 0.254 e. The number of benzene rings is 3. The van der Waals surface area contributed by atoms with Crippen LogP contribution in [-0.2, 0) is 6.42 Å². The van der Waals surface area contributed by atoms with E-state index in [0.717, 1.165) is 17.5 Å². The number of nitrogens with zero attached hydrogens (tertiary/aromatic N) is 1. The first kappa shape index (κ1) is 15.9. The van der Waals surface area contributed by atoms with Crippen molar-refractivity contribution in [2.24, 2.45) is 0 Å². The van der Waals surface area contributed by atoms with Gasteiger partial charge in [0.2, 0.25) is 0 Å². The summed E-state index contributed by atoms with van der Waals surface area (Å²) < 4.78 is 0. The SMILES string of the molecule is O=C(c1ccccc1)N1CCc2ccccc2C1c1ccc(Cl)cc1. The van der Waals surface area contributed by atoms with Crippen LogP contribution >= 0.6 is 11.6 Å². The topological polar surface area (TPSA) is 20.3 Å². The molecule has 2 nitrogen and oxygen atoms in total. The molecule has 0 saturated carbocycles. The third kappa shape index (κ3) is 3.06. The van der Waals surface area contributed by atoms with E-state index in [1.54, 1.807) is 0 Å². The van der Waals surface area contributed by atoms with Crippen molar-refractivity contribution in [2.75, 3.05) is 6.54 Å². The third-order valence-corrected chi connectivity index (χ3v) is 5.00. The van der Waals surface area contributed by atoms with Crippen LogP contribution in [0.3, 0.4) is 0 Å². The lowest BCUT2D eigenvalue weighted by Crippen LogP contribution is -2.40. The fraction of sp³-hybridized carbons (Fsp3) is 0.136. The summed E-state index contributed by atoms with van der Waals surface area (Å²) in [6.45, 7) is 0.706. The number of carbonyl (C=O) groups excluding carboxylic acids is 1. The summed E-state index contributed by atoms with van der Waals surface area (Å²) in [5, 5.41) is 0.703. The van der Waals surface area contributed by atoms with Gasteiger partial charge in [0.25, 0.3) is 5.91 Å². The molecule has 3 aromatic rings. The van der Waals surface area contributed by atoms with Crippen LogP contribution < -0.4 is 0 Å². The van der Waals surface area contributed by atoms with E-state index in [0.29, 0.717) is 11.6 Å². The molecule has 0 aliphatic carbocycles. The van der Waals surface area contributed by atoms with E-state index in [1.807, 2.05) is 65.6 Å². The van der Waals surface area contributed by atoms with Gasteiger partial charge in [-0.1, -0.05) is 66.2 Å². The summed E-state index contributed by atoms with van der Waals surface area (Å²) in [6.07, 6.45) is 0.874. The molecule has 0 fully saturated rings. The minimum absolute atomic E-state index is 0.0649. The Hall–Kier alpha value is -2.58. The van der Waals surface area contributed by atoms with Crippen LogP contribution in [0.2, 0.25) is 5.02 Å². The zero-order valence-corrected chi connectivity index (χ0v) is 14.5. The standard InChI is InChI=1S/C22H18ClNO/c23-19-12-10-17(11-13-19)21-20-9-5-4-6-16(20)14-15-24(21)22(25)18-7-2-1-3-8-18/h1-13,21H,14-15H2. The highest BCUT2D eigenvalue weighted by Crippen LogP contribution is 2.36. The first-order valence-electron chi connectivity index (χ1n) is 8.43. The fourth-order valence-electron chi connectivity index (χ4n) is 3.54. The van der Waals surface area contributed by atoms with Gasteiger partial charge in [-0.2, -0.15) is 0 Å². The zero-order chi connectivity index (χ0) is 17.2. The molecule has 1 heterocycles. The molecule has 1 amide bonds. The van der Waals surface area contributed by atoms with E-state index in [-0.39, 0.29) is 11.9 Å². The van der Waals surface area contributed by atoms with Crippen molar-refractivity contribution in [3.63, 3.8) is 0 Å². The molecule has 0 radical (unpaired) electrons. The predicted molar refractivity (Wildman–Crippen MR) is 101 cm³/mol. The monoisotopic (exact) mass is 347 g/mol. The average molecular weight is 348 g/mol. The van der Waals surface area contributed by atoms with E-state index < -0.39 is 0 Å². The van der Waals surface area contributed by atoms with Crippen LogP contribution in [0.4, 0.5) is 0 Å². The summed E-state index contributed by atoms with van der Waals surface area (Å²) in [5.74, 6) is 0.0649. The van der Waals surface area contributed by atoms with Gasteiger partial charge in [-0.15, -0.1) is 0 Å². The second-order valence-corrected chi connectivity index (χ2v) is 6.70. The summed E-state index contributed by atoms with van der Waals surface area (Å²) in [6, 6.07) is 25.6. The maximum Gasteiger partial charge on any atom is 0.254 e. The highest BCUT2D eigenvalue weighted by molar-refractivity contribution is 6.30. The van der Waals surface area contributed by atoms with Crippen molar-refractivity contribution in [3.8, 4) is 0 Å². The molecular weight excluding hydrogens is 330 g/mol. The van der Waals surface area contributed by atoms with Crippen LogP contribution in [0.15, 0.2) is 78.9 Å². The summed E-state index contributed by atoms with van der Waals surface area (Å²) in [5.41, 5.74) is 4.31. The van der Waals surface area contributed by atoms with Gasteiger partial charge in [0.05, 0.1) is 6.04 Å². The molecule has 1 atom stereocenters. The minimum atomic E-state index is -0.0880. The van der Waals surface area contributed by atoms with Crippen LogP contribution in [0, 0.1) is 0 Å². The van der Waals surface area contributed by atoms with E-state index in [2.05, 4.69) is 18.2 Å². The molecule has 1 unspecified atom stereocenters. The van der Waals surface area contributed by atoms with Gasteiger partial charge in [0, 0.05) is 17.1 Å². The Balaban J connectivity index is 1.80. The van der Waals surface area contributed by atoms with Crippen LogP contribution in [0.25, 0.3) is 0 Å². The van der Waals surface area contributed by atoms with Gasteiger partial charge < -0.3 is 4.90 Å². The van der Waals surface area contributed by atoms with Crippen LogP contribution in [-0.4, -0.2) is 17.4 Å². The average Bonchev–Trinajstić information content (AvgIpc) is 2.68. The molecule has 0 bridgehead atoms. The predicted octanol–water partition coefficient (Wildman–Crippen LogP) is 5.13. The Bertz CT molecular complexity index is 889. The Morgan fingerprint density at radius 3 is 2.32 bits per heavy atom. The summed E-state index contributed by atoms with van der Waals surface area (Å²) in [7, 11) is 0. The molecule has 0 aromatic heterocycles. The number of carbonyl (C=O) groups is 1. The Morgan fingerprint density at radius 2 is 1.56 bits per heavy atom. The number of hydrogen-bond donors (Lipinski definition) is 0. The molecule has 3 heteroatoms. The highest BCUT2D eigenvalue weighted by Gasteiger charge is 2.32. The normalized spacial score (nSPS) is 16.4. The van der Waals surface area contributed by atoms with Gasteiger partial charge in [0.1, 0.15) is 0 Å². The molecule has 25 heavy (non-hydrogen) atoms. The largest absolute Gasteiger partial charge is 0.327 e. The van der Waals surface area contributed by atoms with Crippen molar-refractivity contribution in [3.05, 3.63) is 106 Å². The Morgan fingerprint density at radius 1 is 0.880 bits per heavy atom. The van der Waals surface area contributed by atoms with Crippen molar-refractivity contribution in [1.29, 1.82) is 0 Å². The molecule has 4 rings (SSSR count). The first-order chi connectivity index (χ1) is 12.2. The maximum absolute atomic E-state index is 13.2. The lowest BCUT2D eigenvalue weighted by molar-refractivity contribution is 0.0694. The van der Waals surface area contributed by atoms with E-state index in [9.17, 15) is 4.79 Å². The first-order valence-corrected chi connectivity index (χ1v) is 8.81. The number of halogens is 1. The van der Waals surface area contributed by atoms with Crippen molar-refractivity contribution < 1.29 is 4.79 Å². The van der Waals surface area contributed by atoms with Crippen molar-refractivity contribution >= 4 is 17.5 Å². The van der Waals surface area contributed by atoms with Crippen molar-refractivity contribution in [1.82, 2.24) is 4.90 Å². The second kappa shape index (κ2) is 6.73. The number of hydrogen-bond acceptors (Lipinski definition) is 1. The third-order valence-electron chi connectivity index (χ3n) is 4.75. The van der Waals surface area contributed by atoms with Gasteiger partial charge in [-0.25, -0.2) is 0 Å². The summed E-state index contributed by atoms with van der Waals surface area (Å²) in [4.78, 5) is 15.1. The number of rotatable bonds is 2. The second-order valence-electron chi connectivity index (χ2n) is 6.27. The van der Waals surface area contributed by atoms with Gasteiger partial charge in [-0.05, 0) is 47.4 Å². The highest BCUT2D eigenvalue weighted by atomic mass is 35.5. The minimum Gasteiger partial charge on any atom is -0.327 e. The van der Waals surface area contributed by atoms with Gasteiger partial charge >= 0.3 is 0 Å². The summed E-state index contributed by atoms with van der Waals surface area (Å²) >= 11 is 6.07. The molecule has 1 aliphatic rings. The fourth-order valence-corrected chi connectivity index (χ4v) is 3.66. The number of amides is 1. The maximum atomic E-state index is 13.2. The van der Waals surface area contributed by atoms with Crippen LogP contribution in [0.1, 0.15) is 33.1 Å².